The first kappa shape index (κ1) is 27.5. The van der Waals surface area contributed by atoms with Crippen molar-refractivity contribution in [2.75, 3.05) is 39.8 Å². The van der Waals surface area contributed by atoms with Crippen LogP contribution in [0.2, 0.25) is 0 Å². The second kappa shape index (κ2) is 12.4. The number of hydrogen-bond acceptors (Lipinski definition) is 7. The van der Waals surface area contributed by atoms with Crippen LogP contribution in [-0.2, 0) is 11.2 Å². The molecular weight excluding hydrogens is 543 g/mol. The topological polar surface area (TPSA) is 44.8 Å². The van der Waals surface area contributed by atoms with Crippen molar-refractivity contribution in [3.05, 3.63) is 45.7 Å². The molecule has 2 saturated heterocycles. The first-order chi connectivity index (χ1) is 19.1. The van der Waals surface area contributed by atoms with Crippen LogP contribution in [0.15, 0.2) is 35.2 Å². The third-order valence-electron chi connectivity index (χ3n) is 8.94. The Morgan fingerprint density at radius 1 is 1.13 bits per heavy atom. The van der Waals surface area contributed by atoms with Crippen molar-refractivity contribution >= 4 is 51.6 Å². The number of aryl methyl sites for hydroxylation is 1. The zero-order valence-electron chi connectivity index (χ0n) is 22.8. The molecule has 39 heavy (non-hydrogen) atoms. The number of unbranched alkanes of at least 4 members (excludes halogenated alkanes) is 2. The fourth-order valence-corrected chi connectivity index (χ4v) is 9.43. The molecule has 1 aromatic heterocycles. The maximum atomic E-state index is 13.6. The molecule has 2 aliphatic carbocycles. The minimum Gasteiger partial charge on any atom is -0.497 e. The predicted molar refractivity (Wildman–Crippen MR) is 167 cm³/mol. The number of hydrogen-bond donors (Lipinski definition) is 1. The molecule has 4 fully saturated rings. The summed E-state index contributed by atoms with van der Waals surface area (Å²) >= 11 is 9.05. The van der Waals surface area contributed by atoms with E-state index in [-0.39, 0.29) is 5.91 Å². The van der Waals surface area contributed by atoms with E-state index in [9.17, 15) is 4.79 Å². The summed E-state index contributed by atoms with van der Waals surface area (Å²) < 4.78 is 6.24. The number of ether oxygens (including phenoxy) is 1. The lowest BCUT2D eigenvalue weighted by Gasteiger charge is -2.30. The highest BCUT2D eigenvalue weighted by Gasteiger charge is 2.48. The molecule has 2 aliphatic heterocycles. The lowest BCUT2D eigenvalue weighted by Crippen LogP contribution is -2.43. The number of benzene rings is 1. The second-order valence-corrected chi connectivity index (χ2v) is 14.2. The zero-order valence-corrected chi connectivity index (χ0v) is 25.3. The van der Waals surface area contributed by atoms with Gasteiger partial charge in [-0.05, 0) is 92.3 Å². The van der Waals surface area contributed by atoms with E-state index in [1.54, 1.807) is 18.4 Å². The summed E-state index contributed by atoms with van der Waals surface area (Å²) in [6.07, 6.45) is 11.8. The van der Waals surface area contributed by atoms with E-state index in [0.29, 0.717) is 12.0 Å². The smallest absolute Gasteiger partial charge is 0.266 e. The molecule has 6 rings (SSSR count). The van der Waals surface area contributed by atoms with Crippen molar-refractivity contribution in [3.8, 4) is 16.2 Å². The molecule has 208 valence electrons. The average Bonchev–Trinajstić information content (AvgIpc) is 3.74. The third-order valence-corrected chi connectivity index (χ3v) is 11.4. The van der Waals surface area contributed by atoms with Crippen LogP contribution in [0.3, 0.4) is 0 Å². The SMILES string of the molecule is COc1cccc(-c2cc(CCCCCN3CCNCC3)c(C=C3SC(=S)N(C4CC5CCC4C5)C3=O)s2)c1. The number of fused-ring (bicyclic) bond motifs is 2. The zero-order chi connectivity index (χ0) is 26.8. The molecule has 0 spiro atoms. The molecule has 1 N–H and O–H groups in total. The van der Waals surface area contributed by atoms with Gasteiger partial charge in [-0.2, -0.15) is 0 Å². The van der Waals surface area contributed by atoms with Crippen LogP contribution < -0.4 is 10.1 Å². The van der Waals surface area contributed by atoms with Crippen molar-refractivity contribution in [1.29, 1.82) is 0 Å². The van der Waals surface area contributed by atoms with Gasteiger partial charge in [0.1, 0.15) is 10.1 Å². The van der Waals surface area contributed by atoms with Gasteiger partial charge in [-0.25, -0.2) is 0 Å². The quantitative estimate of drug-likeness (QED) is 0.198. The second-order valence-electron chi connectivity index (χ2n) is 11.4. The highest BCUT2D eigenvalue weighted by Crippen LogP contribution is 2.49. The summed E-state index contributed by atoms with van der Waals surface area (Å²) in [6.45, 7) is 5.75. The van der Waals surface area contributed by atoms with E-state index in [2.05, 4.69) is 34.5 Å². The van der Waals surface area contributed by atoms with Crippen molar-refractivity contribution in [1.82, 2.24) is 15.1 Å². The fourth-order valence-electron chi connectivity index (χ4n) is 6.85. The molecule has 2 aromatic rings. The summed E-state index contributed by atoms with van der Waals surface area (Å²) in [4.78, 5) is 21.4. The Hall–Kier alpha value is -1.71. The minimum atomic E-state index is 0.126. The van der Waals surface area contributed by atoms with Crippen LogP contribution in [0, 0.1) is 11.8 Å². The first-order valence-electron chi connectivity index (χ1n) is 14.6. The molecule has 0 radical (unpaired) electrons. The third kappa shape index (κ3) is 6.15. The molecule has 2 bridgehead atoms. The van der Waals surface area contributed by atoms with Crippen LogP contribution in [0.1, 0.15) is 55.4 Å². The van der Waals surface area contributed by atoms with Crippen LogP contribution in [0.5, 0.6) is 5.75 Å². The van der Waals surface area contributed by atoms with Gasteiger partial charge < -0.3 is 15.0 Å². The molecule has 1 aromatic carbocycles. The van der Waals surface area contributed by atoms with Gasteiger partial charge in [0.15, 0.2) is 0 Å². The van der Waals surface area contributed by atoms with Crippen molar-refractivity contribution < 1.29 is 9.53 Å². The van der Waals surface area contributed by atoms with E-state index in [1.165, 1.54) is 78.8 Å². The number of thiophene rings is 1. The Balaban J connectivity index is 1.18. The molecule has 8 heteroatoms. The summed E-state index contributed by atoms with van der Waals surface area (Å²) in [5.74, 6) is 2.41. The molecule has 4 aliphatic rings. The number of thioether (sulfide) groups is 1. The van der Waals surface area contributed by atoms with Crippen molar-refractivity contribution in [3.63, 3.8) is 0 Å². The summed E-state index contributed by atoms with van der Waals surface area (Å²) in [5, 5.41) is 3.44. The number of carbonyl (C=O) groups excluding carboxylic acids is 1. The van der Waals surface area contributed by atoms with Crippen molar-refractivity contribution in [2.45, 2.75) is 57.4 Å². The summed E-state index contributed by atoms with van der Waals surface area (Å²) in [6, 6.07) is 10.9. The maximum absolute atomic E-state index is 13.6. The van der Waals surface area contributed by atoms with Crippen LogP contribution in [-0.4, -0.2) is 65.9 Å². The van der Waals surface area contributed by atoms with E-state index in [4.69, 9.17) is 17.0 Å². The Labute approximate surface area is 246 Å². The Morgan fingerprint density at radius 2 is 2.00 bits per heavy atom. The maximum Gasteiger partial charge on any atom is 0.266 e. The Kier molecular flexibility index (Phi) is 8.75. The van der Waals surface area contributed by atoms with E-state index < -0.39 is 0 Å². The van der Waals surface area contributed by atoms with Gasteiger partial charge >= 0.3 is 0 Å². The van der Waals surface area contributed by atoms with Crippen LogP contribution >= 0.6 is 35.3 Å². The van der Waals surface area contributed by atoms with Gasteiger partial charge in [0.25, 0.3) is 5.91 Å². The largest absolute Gasteiger partial charge is 0.497 e. The standard InChI is InChI=1S/C31H39N3O2S3/c1-36-25-8-5-7-23(18-25)27-19-24(6-3-2-4-13-33-14-11-32-12-15-33)28(38-27)20-29-30(35)34(31(37)39-29)26-17-21-9-10-22(26)16-21/h5,7-8,18-22,26,32H,2-4,6,9-17H2,1H3. The number of methoxy groups -OCH3 is 1. The average molecular weight is 582 g/mol. The predicted octanol–water partition coefficient (Wildman–Crippen LogP) is 6.43. The van der Waals surface area contributed by atoms with Crippen LogP contribution in [0.25, 0.3) is 16.5 Å². The fraction of sp³-hybridized carbons (Fsp3) is 0.548. The highest BCUT2D eigenvalue weighted by atomic mass is 32.2. The van der Waals surface area contributed by atoms with Gasteiger partial charge in [0, 0.05) is 42.0 Å². The summed E-state index contributed by atoms with van der Waals surface area (Å²) in [7, 11) is 1.71. The number of thiocarbonyl (C=S) groups is 1. The lowest BCUT2D eigenvalue weighted by atomic mass is 9.94. The molecule has 5 nitrogen and oxygen atoms in total. The van der Waals surface area contributed by atoms with Gasteiger partial charge in [-0.1, -0.05) is 49.0 Å². The van der Waals surface area contributed by atoms with Gasteiger partial charge in [0.05, 0.1) is 12.0 Å². The van der Waals surface area contributed by atoms with E-state index in [1.807, 2.05) is 17.0 Å². The molecule has 3 unspecified atom stereocenters. The molecule has 1 amide bonds. The number of piperazine rings is 1. The van der Waals surface area contributed by atoms with Gasteiger partial charge in [-0.3, -0.25) is 9.69 Å². The number of amides is 1. The normalized spacial score (nSPS) is 26.3. The van der Waals surface area contributed by atoms with Crippen LogP contribution in [0.4, 0.5) is 0 Å². The molecule has 2 saturated carbocycles. The monoisotopic (exact) mass is 581 g/mol. The number of rotatable bonds is 10. The van der Waals surface area contributed by atoms with E-state index in [0.717, 1.165) is 58.8 Å². The Morgan fingerprint density at radius 3 is 2.77 bits per heavy atom. The summed E-state index contributed by atoms with van der Waals surface area (Å²) in [5.41, 5.74) is 2.50. The lowest BCUT2D eigenvalue weighted by molar-refractivity contribution is -0.124. The molecular formula is C31H39N3O2S3. The van der Waals surface area contributed by atoms with Gasteiger partial charge in [-0.15, -0.1) is 11.3 Å². The number of carbonyl (C=O) groups is 1. The Bertz CT molecular complexity index is 1240. The molecule has 3 heterocycles. The number of nitrogens with zero attached hydrogens (tertiary/aromatic N) is 2. The minimum absolute atomic E-state index is 0.126. The molecule has 3 atom stereocenters. The van der Waals surface area contributed by atoms with E-state index >= 15 is 0 Å². The number of nitrogens with one attached hydrogen (secondary N) is 1. The van der Waals surface area contributed by atoms with Crippen molar-refractivity contribution in [2.24, 2.45) is 11.8 Å². The first-order valence-corrected chi connectivity index (χ1v) is 16.6. The highest BCUT2D eigenvalue weighted by molar-refractivity contribution is 8.26. The van der Waals surface area contributed by atoms with Gasteiger partial charge in [0.2, 0.25) is 0 Å².